The van der Waals surface area contributed by atoms with Gasteiger partial charge in [-0.05, 0) is 31.0 Å². The van der Waals surface area contributed by atoms with Gasteiger partial charge in [-0.1, -0.05) is 12.2 Å². The fourth-order valence-corrected chi connectivity index (χ4v) is 1.41. The highest BCUT2D eigenvalue weighted by molar-refractivity contribution is 5.42. The number of hydrogen-bond donors (Lipinski definition) is 0. The summed E-state index contributed by atoms with van der Waals surface area (Å²) in [5.74, 6) is 0. The SMILES string of the molecule is C=C(C)Cc1ccn2ccnc2c1. The molecule has 0 aromatic carbocycles. The molecule has 0 spiro atoms. The molecule has 2 heteroatoms. The normalized spacial score (nSPS) is 10.5. The van der Waals surface area contributed by atoms with E-state index in [9.17, 15) is 0 Å². The molecule has 0 saturated heterocycles. The van der Waals surface area contributed by atoms with Crippen LogP contribution in [-0.4, -0.2) is 9.38 Å². The minimum absolute atomic E-state index is 0.934. The van der Waals surface area contributed by atoms with Crippen LogP contribution in [0.15, 0.2) is 42.9 Å². The molecular formula is C11H12N2. The molecule has 2 aromatic heterocycles. The van der Waals surface area contributed by atoms with Crippen molar-refractivity contribution in [2.45, 2.75) is 13.3 Å². The summed E-state index contributed by atoms with van der Waals surface area (Å²) in [4.78, 5) is 4.22. The van der Waals surface area contributed by atoms with Crippen LogP contribution in [0.1, 0.15) is 12.5 Å². The molecule has 0 unspecified atom stereocenters. The summed E-state index contributed by atoms with van der Waals surface area (Å²) < 4.78 is 2.00. The van der Waals surface area contributed by atoms with Crippen LogP contribution < -0.4 is 0 Å². The number of pyridine rings is 1. The summed E-state index contributed by atoms with van der Waals surface area (Å²) in [5, 5.41) is 0. The van der Waals surface area contributed by atoms with Crippen molar-refractivity contribution >= 4 is 5.65 Å². The number of rotatable bonds is 2. The van der Waals surface area contributed by atoms with Crippen molar-refractivity contribution in [2.24, 2.45) is 0 Å². The molecule has 0 N–H and O–H groups in total. The predicted octanol–water partition coefficient (Wildman–Crippen LogP) is 2.45. The van der Waals surface area contributed by atoms with Gasteiger partial charge >= 0.3 is 0 Å². The Balaban J connectivity index is 2.42. The van der Waals surface area contributed by atoms with Crippen molar-refractivity contribution < 1.29 is 0 Å². The average molecular weight is 172 g/mol. The maximum atomic E-state index is 4.22. The van der Waals surface area contributed by atoms with E-state index in [0.717, 1.165) is 12.1 Å². The molecule has 0 atom stereocenters. The predicted molar refractivity (Wildman–Crippen MR) is 53.7 cm³/mol. The highest BCUT2D eigenvalue weighted by atomic mass is 15.0. The molecule has 0 aliphatic rings. The van der Waals surface area contributed by atoms with Gasteiger partial charge < -0.3 is 4.40 Å². The van der Waals surface area contributed by atoms with E-state index >= 15 is 0 Å². The van der Waals surface area contributed by atoms with Crippen molar-refractivity contribution in [2.75, 3.05) is 0 Å². The summed E-state index contributed by atoms with van der Waals surface area (Å²) >= 11 is 0. The van der Waals surface area contributed by atoms with Gasteiger partial charge in [-0.25, -0.2) is 4.98 Å². The van der Waals surface area contributed by atoms with Gasteiger partial charge in [0, 0.05) is 18.6 Å². The zero-order valence-corrected chi connectivity index (χ0v) is 7.70. The number of hydrogen-bond acceptors (Lipinski definition) is 1. The molecule has 2 heterocycles. The van der Waals surface area contributed by atoms with Crippen molar-refractivity contribution in [3.63, 3.8) is 0 Å². The van der Waals surface area contributed by atoms with Gasteiger partial charge in [0.1, 0.15) is 5.65 Å². The molecule has 0 bridgehead atoms. The standard InChI is InChI=1S/C11H12N2/c1-9(2)7-10-3-5-13-6-4-12-11(13)8-10/h3-6,8H,1,7H2,2H3. The Hall–Kier alpha value is -1.57. The van der Waals surface area contributed by atoms with E-state index in [1.807, 2.05) is 23.7 Å². The summed E-state index contributed by atoms with van der Waals surface area (Å²) in [5.41, 5.74) is 3.45. The van der Waals surface area contributed by atoms with Gasteiger partial charge in [0.25, 0.3) is 0 Å². The lowest BCUT2D eigenvalue weighted by molar-refractivity contribution is 1.11. The zero-order valence-electron chi connectivity index (χ0n) is 7.70. The third kappa shape index (κ3) is 1.61. The van der Waals surface area contributed by atoms with Crippen molar-refractivity contribution in [3.8, 4) is 0 Å². The lowest BCUT2D eigenvalue weighted by Crippen LogP contribution is -1.89. The van der Waals surface area contributed by atoms with Crippen molar-refractivity contribution in [1.82, 2.24) is 9.38 Å². The molecular weight excluding hydrogens is 160 g/mol. The lowest BCUT2D eigenvalue weighted by Gasteiger charge is -2.00. The molecule has 2 nitrogen and oxygen atoms in total. The second kappa shape index (κ2) is 3.05. The van der Waals surface area contributed by atoms with Crippen LogP contribution in [0.25, 0.3) is 5.65 Å². The number of imidazole rings is 1. The summed E-state index contributed by atoms with van der Waals surface area (Å²) in [6.07, 6.45) is 6.71. The van der Waals surface area contributed by atoms with Crippen LogP contribution in [-0.2, 0) is 6.42 Å². The molecule has 0 amide bonds. The number of nitrogens with zero attached hydrogens (tertiary/aromatic N) is 2. The Morgan fingerprint density at radius 3 is 3.15 bits per heavy atom. The first-order chi connectivity index (χ1) is 6.25. The first kappa shape index (κ1) is 8.05. The zero-order chi connectivity index (χ0) is 9.26. The van der Waals surface area contributed by atoms with Gasteiger partial charge in [0.05, 0.1) is 0 Å². The third-order valence-electron chi connectivity index (χ3n) is 1.97. The number of allylic oxidation sites excluding steroid dienone is 1. The molecule has 2 rings (SSSR count). The Kier molecular flexibility index (Phi) is 1.89. The van der Waals surface area contributed by atoms with Gasteiger partial charge in [-0.2, -0.15) is 0 Å². The van der Waals surface area contributed by atoms with Gasteiger partial charge in [0.2, 0.25) is 0 Å². The first-order valence-electron chi connectivity index (χ1n) is 4.32. The van der Waals surface area contributed by atoms with Crippen LogP contribution in [0.5, 0.6) is 0 Å². The van der Waals surface area contributed by atoms with Crippen LogP contribution in [0.4, 0.5) is 0 Å². The van der Waals surface area contributed by atoms with Gasteiger partial charge in [0.15, 0.2) is 0 Å². The van der Waals surface area contributed by atoms with Crippen molar-refractivity contribution in [3.05, 3.63) is 48.4 Å². The van der Waals surface area contributed by atoms with Gasteiger partial charge in [-0.15, -0.1) is 0 Å². The smallest absolute Gasteiger partial charge is 0.136 e. The summed E-state index contributed by atoms with van der Waals surface area (Å²) in [6, 6.07) is 4.19. The van der Waals surface area contributed by atoms with Crippen LogP contribution in [0.3, 0.4) is 0 Å². The summed E-state index contributed by atoms with van der Waals surface area (Å²) in [6.45, 7) is 5.93. The van der Waals surface area contributed by atoms with Gasteiger partial charge in [-0.3, -0.25) is 0 Å². The molecule has 66 valence electrons. The Morgan fingerprint density at radius 1 is 1.54 bits per heavy atom. The Bertz CT molecular complexity index is 440. The highest BCUT2D eigenvalue weighted by Gasteiger charge is 1.96. The first-order valence-corrected chi connectivity index (χ1v) is 4.32. The molecule has 0 saturated carbocycles. The van der Waals surface area contributed by atoms with E-state index in [-0.39, 0.29) is 0 Å². The maximum absolute atomic E-state index is 4.22. The second-order valence-electron chi connectivity index (χ2n) is 3.36. The fraction of sp³-hybridized carbons (Fsp3) is 0.182. The van der Waals surface area contributed by atoms with E-state index in [1.165, 1.54) is 11.1 Å². The molecule has 0 radical (unpaired) electrons. The number of fused-ring (bicyclic) bond motifs is 1. The van der Waals surface area contributed by atoms with Crippen LogP contribution in [0.2, 0.25) is 0 Å². The van der Waals surface area contributed by atoms with E-state index in [0.29, 0.717) is 0 Å². The third-order valence-corrected chi connectivity index (χ3v) is 1.97. The average Bonchev–Trinajstić information content (AvgIpc) is 2.49. The number of aromatic nitrogens is 2. The highest BCUT2D eigenvalue weighted by Crippen LogP contribution is 2.09. The van der Waals surface area contributed by atoms with Crippen LogP contribution >= 0.6 is 0 Å². The fourth-order valence-electron chi connectivity index (χ4n) is 1.41. The maximum Gasteiger partial charge on any atom is 0.136 e. The molecule has 2 aromatic rings. The van der Waals surface area contributed by atoms with Crippen molar-refractivity contribution in [1.29, 1.82) is 0 Å². The monoisotopic (exact) mass is 172 g/mol. The summed E-state index contributed by atoms with van der Waals surface area (Å²) in [7, 11) is 0. The van der Waals surface area contributed by atoms with E-state index in [1.54, 1.807) is 6.20 Å². The van der Waals surface area contributed by atoms with E-state index in [2.05, 4.69) is 23.7 Å². The van der Waals surface area contributed by atoms with E-state index < -0.39 is 0 Å². The lowest BCUT2D eigenvalue weighted by atomic mass is 10.1. The molecule has 0 aliphatic carbocycles. The Labute approximate surface area is 77.5 Å². The minimum Gasteiger partial charge on any atom is -0.307 e. The largest absolute Gasteiger partial charge is 0.307 e. The quantitative estimate of drug-likeness (QED) is 0.636. The minimum atomic E-state index is 0.934. The van der Waals surface area contributed by atoms with Crippen LogP contribution in [0, 0.1) is 0 Å². The molecule has 13 heavy (non-hydrogen) atoms. The topological polar surface area (TPSA) is 17.3 Å². The second-order valence-corrected chi connectivity index (χ2v) is 3.36. The van der Waals surface area contributed by atoms with E-state index in [4.69, 9.17) is 0 Å². The molecule has 0 aliphatic heterocycles. The molecule has 0 fully saturated rings. The Morgan fingerprint density at radius 2 is 2.38 bits per heavy atom.